The van der Waals surface area contributed by atoms with Crippen molar-refractivity contribution < 1.29 is 0 Å². The summed E-state index contributed by atoms with van der Waals surface area (Å²) < 4.78 is 0. The summed E-state index contributed by atoms with van der Waals surface area (Å²) in [6.45, 7) is 4.57. The highest BCUT2D eigenvalue weighted by molar-refractivity contribution is 4.97. The summed E-state index contributed by atoms with van der Waals surface area (Å²) in [6.07, 6.45) is 13.3. The van der Waals surface area contributed by atoms with Crippen LogP contribution in [0.4, 0.5) is 0 Å². The molecular weight excluding hydrogens is 144 g/mol. The van der Waals surface area contributed by atoms with Crippen LogP contribution in [-0.4, -0.2) is 0 Å². The molecule has 0 heterocycles. The van der Waals surface area contributed by atoms with Gasteiger partial charge >= 0.3 is 0 Å². The predicted molar refractivity (Wildman–Crippen MR) is 55.2 cm³/mol. The maximum atomic E-state index is 2.47. The Kier molecular flexibility index (Phi) is 4.42. The molecule has 70 valence electrons. The first-order valence-corrected chi connectivity index (χ1v) is 5.55. The van der Waals surface area contributed by atoms with Gasteiger partial charge in [-0.3, -0.25) is 0 Å². The molecule has 1 aliphatic rings. The lowest BCUT2D eigenvalue weighted by atomic mass is 9.84. The smallest absolute Gasteiger partial charge is 0.0233 e. The molecule has 0 aromatic rings. The second-order valence-electron chi connectivity index (χ2n) is 4.06. The normalized spacial score (nSPS) is 29.2. The third-order valence-corrected chi connectivity index (χ3v) is 2.88. The average Bonchev–Trinajstić information content (AvgIpc) is 2.09. The van der Waals surface area contributed by atoms with Gasteiger partial charge in [-0.2, -0.15) is 0 Å². The summed E-state index contributed by atoms with van der Waals surface area (Å²) >= 11 is 0. The van der Waals surface area contributed by atoms with Crippen molar-refractivity contribution in [1.82, 2.24) is 0 Å². The molecule has 0 radical (unpaired) electrons. The Labute approximate surface area is 77.1 Å². The molecule has 1 rings (SSSR count). The van der Waals surface area contributed by atoms with Gasteiger partial charge in [0.25, 0.3) is 0 Å². The summed E-state index contributed by atoms with van der Waals surface area (Å²) in [5.41, 5.74) is 0. The molecule has 0 bridgehead atoms. The van der Waals surface area contributed by atoms with E-state index in [0.717, 1.165) is 11.8 Å². The quantitative estimate of drug-likeness (QED) is 0.550. The largest absolute Gasteiger partial charge is 0.0851 e. The van der Waals surface area contributed by atoms with E-state index >= 15 is 0 Å². The second-order valence-corrected chi connectivity index (χ2v) is 4.06. The van der Waals surface area contributed by atoms with E-state index in [2.05, 4.69) is 26.0 Å². The van der Waals surface area contributed by atoms with Gasteiger partial charge in [0.1, 0.15) is 0 Å². The van der Waals surface area contributed by atoms with E-state index in [1.54, 1.807) is 0 Å². The van der Waals surface area contributed by atoms with Crippen LogP contribution in [0.1, 0.15) is 52.4 Å². The molecule has 0 saturated carbocycles. The molecule has 0 fully saturated rings. The van der Waals surface area contributed by atoms with Crippen molar-refractivity contribution in [2.75, 3.05) is 0 Å². The lowest BCUT2D eigenvalue weighted by Gasteiger charge is -2.21. The van der Waals surface area contributed by atoms with Gasteiger partial charge in [0, 0.05) is 0 Å². The van der Waals surface area contributed by atoms with E-state index in [4.69, 9.17) is 0 Å². The Morgan fingerprint density at radius 2 is 1.33 bits per heavy atom. The van der Waals surface area contributed by atoms with Crippen LogP contribution < -0.4 is 0 Å². The van der Waals surface area contributed by atoms with Gasteiger partial charge in [-0.1, -0.05) is 38.8 Å². The number of allylic oxidation sites excluding steroid dienone is 2. The minimum Gasteiger partial charge on any atom is -0.0851 e. The van der Waals surface area contributed by atoms with E-state index in [-0.39, 0.29) is 0 Å². The molecule has 1 aliphatic carbocycles. The highest BCUT2D eigenvalue weighted by Gasteiger charge is 2.13. The monoisotopic (exact) mass is 166 g/mol. The van der Waals surface area contributed by atoms with Crippen LogP contribution >= 0.6 is 0 Å². The first kappa shape index (κ1) is 9.83. The van der Waals surface area contributed by atoms with Gasteiger partial charge < -0.3 is 0 Å². The van der Waals surface area contributed by atoms with E-state index in [1.165, 1.54) is 38.5 Å². The minimum absolute atomic E-state index is 0.906. The molecule has 0 heteroatoms. The molecule has 12 heavy (non-hydrogen) atoms. The van der Waals surface area contributed by atoms with Crippen molar-refractivity contribution in [3.05, 3.63) is 12.2 Å². The summed E-state index contributed by atoms with van der Waals surface area (Å²) in [4.78, 5) is 0. The maximum Gasteiger partial charge on any atom is -0.0233 e. The highest BCUT2D eigenvalue weighted by atomic mass is 14.2. The van der Waals surface area contributed by atoms with Crippen LogP contribution in [0, 0.1) is 11.8 Å². The second kappa shape index (κ2) is 5.40. The zero-order chi connectivity index (χ0) is 8.81. The molecule has 0 aromatic carbocycles. The molecule has 0 amide bonds. The van der Waals surface area contributed by atoms with E-state index in [0.29, 0.717) is 0 Å². The predicted octanol–water partition coefficient (Wildman–Crippen LogP) is 4.17. The van der Waals surface area contributed by atoms with Crippen LogP contribution in [0.3, 0.4) is 0 Å². The van der Waals surface area contributed by atoms with Crippen LogP contribution in [0.15, 0.2) is 12.2 Å². The number of hydrogen-bond acceptors (Lipinski definition) is 0. The fraction of sp³-hybridized carbons (Fsp3) is 0.833. The van der Waals surface area contributed by atoms with Crippen molar-refractivity contribution >= 4 is 0 Å². The van der Waals surface area contributed by atoms with Crippen molar-refractivity contribution in [3.8, 4) is 0 Å². The lowest BCUT2D eigenvalue weighted by Crippen LogP contribution is -2.08. The Morgan fingerprint density at radius 3 is 1.58 bits per heavy atom. The van der Waals surface area contributed by atoms with Crippen molar-refractivity contribution in [1.29, 1.82) is 0 Å². The van der Waals surface area contributed by atoms with Gasteiger partial charge in [0.15, 0.2) is 0 Å². The van der Waals surface area contributed by atoms with Crippen molar-refractivity contribution in [3.63, 3.8) is 0 Å². The first-order chi connectivity index (χ1) is 5.86. The van der Waals surface area contributed by atoms with Crippen LogP contribution in [0.2, 0.25) is 0 Å². The molecule has 0 aromatic heterocycles. The maximum absolute atomic E-state index is 2.47. The van der Waals surface area contributed by atoms with E-state index in [9.17, 15) is 0 Å². The highest BCUT2D eigenvalue weighted by Crippen LogP contribution is 2.27. The number of rotatable bonds is 4. The van der Waals surface area contributed by atoms with E-state index in [1.807, 2.05) is 0 Å². The molecule has 0 nitrogen and oxygen atoms in total. The van der Waals surface area contributed by atoms with Crippen LogP contribution in [0.25, 0.3) is 0 Å². The van der Waals surface area contributed by atoms with Gasteiger partial charge in [-0.15, -0.1) is 0 Å². The van der Waals surface area contributed by atoms with Crippen molar-refractivity contribution in [2.45, 2.75) is 52.4 Å². The summed E-state index contributed by atoms with van der Waals surface area (Å²) in [7, 11) is 0. The third-order valence-electron chi connectivity index (χ3n) is 2.88. The molecular formula is C12H22. The minimum atomic E-state index is 0.906. The van der Waals surface area contributed by atoms with Gasteiger partial charge in [0.2, 0.25) is 0 Å². The fourth-order valence-corrected chi connectivity index (χ4v) is 2.16. The summed E-state index contributed by atoms with van der Waals surface area (Å²) in [5, 5.41) is 0. The fourth-order valence-electron chi connectivity index (χ4n) is 2.16. The third kappa shape index (κ3) is 3.00. The zero-order valence-electron chi connectivity index (χ0n) is 8.55. The Balaban J connectivity index is 2.26. The van der Waals surface area contributed by atoms with E-state index < -0.39 is 0 Å². The molecule has 2 unspecified atom stereocenters. The number of hydrogen-bond donors (Lipinski definition) is 0. The van der Waals surface area contributed by atoms with Crippen LogP contribution in [0.5, 0.6) is 0 Å². The molecule has 0 spiro atoms. The lowest BCUT2D eigenvalue weighted by molar-refractivity contribution is 0.416. The Hall–Kier alpha value is -0.260. The topological polar surface area (TPSA) is 0 Å². The zero-order valence-corrected chi connectivity index (χ0v) is 8.55. The summed E-state index contributed by atoms with van der Waals surface area (Å²) in [5.74, 6) is 1.81. The van der Waals surface area contributed by atoms with Gasteiger partial charge in [0.05, 0.1) is 0 Å². The molecule has 0 saturated heterocycles. The molecule has 2 atom stereocenters. The average molecular weight is 166 g/mol. The SMILES string of the molecule is CCCC1C=CC(CCC)CC1. The Morgan fingerprint density at radius 1 is 0.917 bits per heavy atom. The van der Waals surface area contributed by atoms with Crippen LogP contribution in [-0.2, 0) is 0 Å². The Bertz CT molecular complexity index is 119. The molecule has 0 aliphatic heterocycles. The first-order valence-electron chi connectivity index (χ1n) is 5.55. The summed E-state index contributed by atoms with van der Waals surface area (Å²) in [6, 6.07) is 0. The van der Waals surface area contributed by atoms with Gasteiger partial charge in [-0.25, -0.2) is 0 Å². The molecule has 0 N–H and O–H groups in total. The van der Waals surface area contributed by atoms with Crippen molar-refractivity contribution in [2.24, 2.45) is 11.8 Å². The van der Waals surface area contributed by atoms with Gasteiger partial charge in [-0.05, 0) is 37.5 Å². The standard InChI is InChI=1S/C12H22/c1-3-5-11-7-9-12(6-4-2)10-8-11/h7,9,11-12H,3-6,8,10H2,1-2H3.